The first-order chi connectivity index (χ1) is 12.7. The molecule has 0 unspecified atom stereocenters. The van der Waals surface area contributed by atoms with Gasteiger partial charge in [0.05, 0.1) is 0 Å². The fourth-order valence-electron chi connectivity index (χ4n) is 5.43. The summed E-state index contributed by atoms with van der Waals surface area (Å²) in [5.41, 5.74) is 1.30. The summed E-state index contributed by atoms with van der Waals surface area (Å²) in [7, 11) is 1.41. The SMILES string of the molecule is COCCC[Si@H]1CC[C@H]([C@H]2CC[C@H](CCc3ccc(F)cc3)CC2)CC1. The van der Waals surface area contributed by atoms with E-state index in [0.717, 1.165) is 30.8 Å². The molecule has 0 aromatic heterocycles. The first kappa shape index (κ1) is 20.1. The fraction of sp³-hybridized carbons (Fsp3) is 0.739. The Kier molecular flexibility index (Phi) is 8.19. The predicted molar refractivity (Wildman–Crippen MR) is 111 cm³/mol. The summed E-state index contributed by atoms with van der Waals surface area (Å²) in [6, 6.07) is 11.8. The summed E-state index contributed by atoms with van der Waals surface area (Å²) in [4.78, 5) is 0. The molecule has 1 saturated carbocycles. The van der Waals surface area contributed by atoms with Crippen LogP contribution in [0.25, 0.3) is 0 Å². The summed E-state index contributed by atoms with van der Waals surface area (Å²) in [5.74, 6) is 2.84. The molecule has 26 heavy (non-hydrogen) atoms. The highest BCUT2D eigenvalue weighted by atomic mass is 28.3. The number of ether oxygens (including phenoxy) is 1. The summed E-state index contributed by atoms with van der Waals surface area (Å²) in [6.07, 6.45) is 12.6. The van der Waals surface area contributed by atoms with E-state index in [1.54, 1.807) is 24.2 Å². The van der Waals surface area contributed by atoms with E-state index in [-0.39, 0.29) is 5.82 Å². The Balaban J connectivity index is 1.32. The fourth-order valence-corrected chi connectivity index (χ4v) is 8.84. The van der Waals surface area contributed by atoms with Crippen molar-refractivity contribution in [1.82, 2.24) is 0 Å². The minimum Gasteiger partial charge on any atom is -0.385 e. The van der Waals surface area contributed by atoms with E-state index in [2.05, 4.69) is 0 Å². The first-order valence-corrected chi connectivity index (χ1v) is 13.4. The van der Waals surface area contributed by atoms with Gasteiger partial charge in [-0.05, 0) is 67.6 Å². The van der Waals surface area contributed by atoms with Crippen molar-refractivity contribution in [2.45, 2.75) is 75.9 Å². The molecule has 146 valence electrons. The number of aryl methyl sites for hydroxylation is 1. The highest BCUT2D eigenvalue weighted by Gasteiger charge is 2.30. The Morgan fingerprint density at radius 2 is 1.62 bits per heavy atom. The molecule has 3 rings (SSSR count). The van der Waals surface area contributed by atoms with Crippen molar-refractivity contribution in [2.75, 3.05) is 13.7 Å². The van der Waals surface area contributed by atoms with Crippen LogP contribution in [0.4, 0.5) is 4.39 Å². The van der Waals surface area contributed by atoms with E-state index >= 15 is 0 Å². The van der Waals surface area contributed by atoms with Crippen molar-refractivity contribution in [1.29, 1.82) is 0 Å². The lowest BCUT2D eigenvalue weighted by molar-refractivity contribution is 0.185. The van der Waals surface area contributed by atoms with Gasteiger partial charge in [0.25, 0.3) is 0 Å². The topological polar surface area (TPSA) is 9.23 Å². The van der Waals surface area contributed by atoms with Gasteiger partial charge in [0, 0.05) is 22.5 Å². The third-order valence-electron chi connectivity index (χ3n) is 7.16. The molecule has 2 fully saturated rings. The van der Waals surface area contributed by atoms with Crippen LogP contribution in [0.5, 0.6) is 0 Å². The largest absolute Gasteiger partial charge is 0.385 e. The maximum atomic E-state index is 13.0. The molecule has 3 heteroatoms. The number of benzene rings is 1. The number of halogens is 1. The predicted octanol–water partition coefficient (Wildman–Crippen LogP) is 6.24. The van der Waals surface area contributed by atoms with E-state index in [1.165, 1.54) is 63.0 Å². The van der Waals surface area contributed by atoms with Crippen LogP contribution in [0, 0.1) is 23.6 Å². The molecule has 0 spiro atoms. The molecule has 1 nitrogen and oxygen atoms in total. The summed E-state index contributed by atoms with van der Waals surface area (Å²) < 4.78 is 18.2. The molecule has 1 aromatic rings. The molecule has 0 bridgehead atoms. The van der Waals surface area contributed by atoms with Crippen molar-refractivity contribution in [3.8, 4) is 0 Å². The third kappa shape index (κ3) is 6.19. The minimum atomic E-state index is -0.419. The number of hydrogen-bond acceptors (Lipinski definition) is 1. The molecule has 0 atom stereocenters. The van der Waals surface area contributed by atoms with Gasteiger partial charge in [-0.2, -0.15) is 0 Å². The Morgan fingerprint density at radius 1 is 0.962 bits per heavy atom. The maximum absolute atomic E-state index is 13.0. The van der Waals surface area contributed by atoms with Crippen molar-refractivity contribution < 1.29 is 9.13 Å². The smallest absolute Gasteiger partial charge is 0.123 e. The molecule has 1 aliphatic carbocycles. The molecular formula is C23H37FOSi. The second-order valence-electron chi connectivity index (χ2n) is 8.86. The lowest BCUT2D eigenvalue weighted by Crippen LogP contribution is -2.28. The Morgan fingerprint density at radius 3 is 2.27 bits per heavy atom. The highest BCUT2D eigenvalue weighted by Crippen LogP contribution is 2.41. The average Bonchev–Trinajstić information content (AvgIpc) is 2.69. The van der Waals surface area contributed by atoms with Gasteiger partial charge >= 0.3 is 0 Å². The Bertz CT molecular complexity index is 501. The zero-order valence-electron chi connectivity index (χ0n) is 16.6. The van der Waals surface area contributed by atoms with Gasteiger partial charge in [-0.25, -0.2) is 4.39 Å². The molecule has 0 amide bonds. The van der Waals surface area contributed by atoms with Crippen molar-refractivity contribution in [3.05, 3.63) is 35.6 Å². The van der Waals surface area contributed by atoms with E-state index in [9.17, 15) is 4.39 Å². The maximum Gasteiger partial charge on any atom is 0.123 e. The number of methoxy groups -OCH3 is 1. The minimum absolute atomic E-state index is 0.120. The lowest BCUT2D eigenvalue weighted by atomic mass is 9.73. The van der Waals surface area contributed by atoms with Gasteiger partial charge in [-0.1, -0.05) is 55.9 Å². The molecule has 1 aromatic carbocycles. The Hall–Kier alpha value is -0.673. The van der Waals surface area contributed by atoms with Crippen molar-refractivity contribution in [3.63, 3.8) is 0 Å². The van der Waals surface area contributed by atoms with E-state index in [4.69, 9.17) is 4.74 Å². The molecule has 0 radical (unpaired) electrons. The van der Waals surface area contributed by atoms with Gasteiger partial charge in [-0.3, -0.25) is 0 Å². The van der Waals surface area contributed by atoms with Crippen LogP contribution in [0.1, 0.15) is 56.9 Å². The second-order valence-corrected chi connectivity index (χ2v) is 12.3. The standard InChI is InChI=1S/C23H37FOSi/c1-25-15-2-16-26-17-13-22(14-18-26)21-9-5-19(6-10-21)3-4-20-7-11-23(24)12-8-20/h7-8,11-12,19,21-22,26H,2-6,9-10,13-18H2,1H3/t19-,21-,22-,26-. The van der Waals surface area contributed by atoms with E-state index in [0.29, 0.717) is 0 Å². The molecule has 1 heterocycles. The van der Waals surface area contributed by atoms with Crippen molar-refractivity contribution >= 4 is 8.80 Å². The number of rotatable bonds is 8. The molecule has 2 aliphatic rings. The lowest BCUT2D eigenvalue weighted by Gasteiger charge is -2.37. The van der Waals surface area contributed by atoms with Crippen LogP contribution in [0.15, 0.2) is 24.3 Å². The molecule has 1 aliphatic heterocycles. The normalized spacial score (nSPS) is 29.6. The average molecular weight is 377 g/mol. The van der Waals surface area contributed by atoms with Crippen LogP contribution in [0.2, 0.25) is 18.1 Å². The third-order valence-corrected chi connectivity index (χ3v) is 10.7. The van der Waals surface area contributed by atoms with Gasteiger partial charge in [0.2, 0.25) is 0 Å². The van der Waals surface area contributed by atoms with Gasteiger partial charge < -0.3 is 4.74 Å². The summed E-state index contributed by atoms with van der Waals surface area (Å²) in [5, 5.41) is 0. The van der Waals surface area contributed by atoms with Crippen LogP contribution < -0.4 is 0 Å². The van der Waals surface area contributed by atoms with Crippen LogP contribution in [-0.4, -0.2) is 22.5 Å². The summed E-state index contributed by atoms with van der Waals surface area (Å²) in [6.45, 7) is 0.967. The van der Waals surface area contributed by atoms with Gasteiger partial charge in [0.15, 0.2) is 0 Å². The molecule has 1 saturated heterocycles. The van der Waals surface area contributed by atoms with Gasteiger partial charge in [-0.15, -0.1) is 0 Å². The monoisotopic (exact) mass is 376 g/mol. The van der Waals surface area contributed by atoms with Gasteiger partial charge in [0.1, 0.15) is 5.82 Å². The Labute approximate surface area is 161 Å². The van der Waals surface area contributed by atoms with Crippen LogP contribution in [0.3, 0.4) is 0 Å². The molecular weight excluding hydrogens is 339 g/mol. The summed E-state index contributed by atoms with van der Waals surface area (Å²) >= 11 is 0. The van der Waals surface area contributed by atoms with E-state index in [1.807, 2.05) is 19.2 Å². The zero-order chi connectivity index (χ0) is 18.2. The first-order valence-electron chi connectivity index (χ1n) is 11.0. The van der Waals surface area contributed by atoms with Crippen LogP contribution in [-0.2, 0) is 11.2 Å². The zero-order valence-corrected chi connectivity index (χ0v) is 17.8. The van der Waals surface area contributed by atoms with Crippen molar-refractivity contribution in [2.24, 2.45) is 17.8 Å². The highest BCUT2D eigenvalue weighted by molar-refractivity contribution is 6.58. The number of hydrogen-bond donors (Lipinski definition) is 0. The quantitative estimate of drug-likeness (QED) is 0.385. The van der Waals surface area contributed by atoms with Crippen LogP contribution >= 0.6 is 0 Å². The molecule has 0 N–H and O–H groups in total. The van der Waals surface area contributed by atoms with E-state index < -0.39 is 8.80 Å². The second kappa shape index (κ2) is 10.6.